The van der Waals surface area contributed by atoms with Crippen molar-refractivity contribution in [3.05, 3.63) is 59.7 Å². The van der Waals surface area contributed by atoms with Gasteiger partial charge in [-0.15, -0.1) is 0 Å². The topological polar surface area (TPSA) is 97.3 Å². The molecule has 0 bridgehead atoms. The van der Waals surface area contributed by atoms with Crippen LogP contribution < -0.4 is 10.1 Å². The van der Waals surface area contributed by atoms with Gasteiger partial charge in [-0.2, -0.15) is 30.7 Å². The molecule has 0 heterocycles. The molecule has 8 nitrogen and oxygen atoms in total. The SMILES string of the molecule is CCOC(Cc1ccc(OCCN(CCOC(F)(F)C(F)(F)C(F)(F)F)C(=O)Nc2ccc(F)c(F)c2)cc1)C(=O)O. The van der Waals surface area contributed by atoms with E-state index in [1.165, 1.54) is 24.3 Å². The van der Waals surface area contributed by atoms with Gasteiger partial charge < -0.3 is 29.5 Å². The highest BCUT2D eigenvalue weighted by Crippen LogP contribution is 2.46. The largest absolute Gasteiger partial charge is 0.492 e. The van der Waals surface area contributed by atoms with Crippen LogP contribution >= 0.6 is 0 Å². The predicted molar refractivity (Wildman–Crippen MR) is 128 cm³/mol. The molecule has 0 aromatic heterocycles. The third kappa shape index (κ3) is 9.40. The minimum Gasteiger partial charge on any atom is -0.492 e. The van der Waals surface area contributed by atoms with Crippen molar-refractivity contribution in [3.8, 4) is 5.75 Å². The number of carboxylic acids is 1. The number of carbonyl (C=O) groups is 2. The van der Waals surface area contributed by atoms with Gasteiger partial charge in [0.15, 0.2) is 17.7 Å². The first-order valence-electron chi connectivity index (χ1n) is 12.0. The minimum atomic E-state index is -6.62. The summed E-state index contributed by atoms with van der Waals surface area (Å²) in [5.74, 6) is -10.1. The molecule has 1 unspecified atom stereocenters. The summed E-state index contributed by atoms with van der Waals surface area (Å²) in [5, 5.41) is 11.3. The first-order valence-corrected chi connectivity index (χ1v) is 12.0. The van der Waals surface area contributed by atoms with Gasteiger partial charge in [0, 0.05) is 31.3 Å². The summed E-state index contributed by atoms with van der Waals surface area (Å²) >= 11 is 0. The first kappa shape index (κ1) is 34.5. The molecule has 2 aromatic carbocycles. The number of rotatable bonds is 15. The van der Waals surface area contributed by atoms with E-state index in [0.717, 1.165) is 6.07 Å². The summed E-state index contributed by atoms with van der Waals surface area (Å²) < 4.78 is 131. The molecule has 17 heteroatoms. The molecular weight excluding hydrogens is 595 g/mol. The van der Waals surface area contributed by atoms with Crippen LogP contribution in [-0.4, -0.2) is 79.2 Å². The van der Waals surface area contributed by atoms with Gasteiger partial charge >= 0.3 is 30.2 Å². The summed E-state index contributed by atoms with van der Waals surface area (Å²) in [7, 11) is 0. The molecule has 2 N–H and O–H groups in total. The number of amides is 2. The Morgan fingerprint density at radius 2 is 1.55 bits per heavy atom. The van der Waals surface area contributed by atoms with Crippen molar-refractivity contribution < 1.29 is 68.4 Å². The van der Waals surface area contributed by atoms with Gasteiger partial charge in [0.05, 0.1) is 13.2 Å². The fourth-order valence-corrected chi connectivity index (χ4v) is 3.26. The van der Waals surface area contributed by atoms with Crippen LogP contribution in [0.4, 0.5) is 50.0 Å². The molecule has 2 aromatic rings. The lowest BCUT2D eigenvalue weighted by atomic mass is 10.1. The van der Waals surface area contributed by atoms with Gasteiger partial charge in [-0.1, -0.05) is 12.1 Å². The zero-order valence-corrected chi connectivity index (χ0v) is 21.7. The van der Waals surface area contributed by atoms with Crippen LogP contribution in [0.1, 0.15) is 12.5 Å². The van der Waals surface area contributed by atoms with E-state index >= 15 is 0 Å². The number of alkyl halides is 7. The maximum Gasteiger partial charge on any atom is 0.462 e. The average Bonchev–Trinajstić information content (AvgIpc) is 2.89. The van der Waals surface area contributed by atoms with Crippen molar-refractivity contribution in [2.45, 2.75) is 37.7 Å². The number of nitrogens with zero attached hydrogens (tertiary/aromatic N) is 1. The number of hydrogen-bond acceptors (Lipinski definition) is 5. The molecule has 0 saturated carbocycles. The van der Waals surface area contributed by atoms with E-state index in [-0.39, 0.29) is 31.1 Å². The highest BCUT2D eigenvalue weighted by molar-refractivity contribution is 5.89. The van der Waals surface area contributed by atoms with Crippen molar-refractivity contribution in [1.29, 1.82) is 0 Å². The lowest BCUT2D eigenvalue weighted by Gasteiger charge is -2.29. The molecule has 234 valence electrons. The van der Waals surface area contributed by atoms with E-state index in [1.807, 2.05) is 0 Å². The maximum atomic E-state index is 13.5. The number of halogens is 9. The zero-order chi connectivity index (χ0) is 31.7. The lowest BCUT2D eigenvalue weighted by molar-refractivity contribution is -0.423. The van der Waals surface area contributed by atoms with E-state index in [1.54, 1.807) is 6.92 Å². The van der Waals surface area contributed by atoms with Gasteiger partial charge in [-0.3, -0.25) is 0 Å². The number of urea groups is 1. The molecule has 0 saturated heterocycles. The summed E-state index contributed by atoms with van der Waals surface area (Å²) in [4.78, 5) is 24.5. The number of hydrogen-bond donors (Lipinski definition) is 2. The van der Waals surface area contributed by atoms with Crippen molar-refractivity contribution in [3.63, 3.8) is 0 Å². The minimum absolute atomic E-state index is 0.0411. The lowest BCUT2D eigenvalue weighted by Crippen LogP contribution is -2.54. The quantitative estimate of drug-likeness (QED) is 0.248. The van der Waals surface area contributed by atoms with Crippen molar-refractivity contribution >= 4 is 17.7 Å². The molecule has 0 spiro atoms. The number of ether oxygens (including phenoxy) is 3. The van der Waals surface area contributed by atoms with E-state index in [4.69, 9.17) is 9.47 Å². The van der Waals surface area contributed by atoms with Crippen LogP contribution in [0, 0.1) is 11.6 Å². The third-order valence-corrected chi connectivity index (χ3v) is 5.44. The number of carboxylic acid groups (broad SMARTS) is 1. The summed E-state index contributed by atoms with van der Waals surface area (Å²) in [5.41, 5.74) is 0.284. The van der Waals surface area contributed by atoms with Gasteiger partial charge in [0.1, 0.15) is 12.4 Å². The Labute approximate surface area is 232 Å². The van der Waals surface area contributed by atoms with Gasteiger partial charge in [-0.05, 0) is 36.8 Å². The summed E-state index contributed by atoms with van der Waals surface area (Å²) in [6.45, 7) is -1.46. The number of carbonyl (C=O) groups excluding carboxylic acids is 1. The van der Waals surface area contributed by atoms with Crippen LogP contribution in [0.15, 0.2) is 42.5 Å². The number of nitrogens with one attached hydrogen (secondary N) is 1. The van der Waals surface area contributed by atoms with E-state index in [0.29, 0.717) is 22.6 Å². The zero-order valence-electron chi connectivity index (χ0n) is 21.7. The van der Waals surface area contributed by atoms with Crippen LogP contribution in [0.2, 0.25) is 0 Å². The van der Waals surface area contributed by atoms with Crippen molar-refractivity contribution in [2.24, 2.45) is 0 Å². The third-order valence-electron chi connectivity index (χ3n) is 5.44. The van der Waals surface area contributed by atoms with Crippen LogP contribution in [-0.2, 0) is 20.7 Å². The van der Waals surface area contributed by atoms with Crippen LogP contribution in [0.25, 0.3) is 0 Å². The fourth-order valence-electron chi connectivity index (χ4n) is 3.26. The molecule has 0 fully saturated rings. The second-order valence-corrected chi connectivity index (χ2v) is 8.46. The second-order valence-electron chi connectivity index (χ2n) is 8.46. The molecule has 0 aliphatic rings. The van der Waals surface area contributed by atoms with Gasteiger partial charge in [-0.25, -0.2) is 18.4 Å². The highest BCUT2D eigenvalue weighted by Gasteiger charge is 2.74. The predicted octanol–water partition coefficient (Wildman–Crippen LogP) is 5.72. The van der Waals surface area contributed by atoms with E-state index in [9.17, 15) is 54.2 Å². The molecule has 2 amide bonds. The molecule has 0 radical (unpaired) electrons. The maximum absolute atomic E-state index is 13.5. The van der Waals surface area contributed by atoms with E-state index < -0.39 is 67.6 Å². The Hall–Kier alpha value is -3.73. The Bertz CT molecular complexity index is 1200. The summed E-state index contributed by atoms with van der Waals surface area (Å²) in [6, 6.07) is 6.95. The summed E-state index contributed by atoms with van der Waals surface area (Å²) in [6.07, 6.45) is -13.6. The second kappa shape index (κ2) is 14.4. The number of aliphatic carboxylic acids is 1. The molecule has 1 atom stereocenters. The van der Waals surface area contributed by atoms with Gasteiger partial charge in [0.25, 0.3) is 0 Å². The Morgan fingerprint density at radius 3 is 2.10 bits per heavy atom. The average molecular weight is 620 g/mol. The van der Waals surface area contributed by atoms with Crippen molar-refractivity contribution in [1.82, 2.24) is 4.90 Å². The molecular formula is C25H25F9N2O6. The normalized spacial score (nSPS) is 13.0. The van der Waals surface area contributed by atoms with Crippen LogP contribution in [0.3, 0.4) is 0 Å². The molecule has 2 rings (SSSR count). The van der Waals surface area contributed by atoms with Crippen LogP contribution in [0.5, 0.6) is 5.75 Å². The van der Waals surface area contributed by atoms with Crippen molar-refractivity contribution in [2.75, 3.05) is 38.2 Å². The number of anilines is 1. The Morgan fingerprint density at radius 1 is 0.929 bits per heavy atom. The molecule has 0 aliphatic carbocycles. The Balaban J connectivity index is 2.07. The first-order chi connectivity index (χ1) is 19.5. The Kier molecular flexibility index (Phi) is 11.9. The van der Waals surface area contributed by atoms with E-state index in [2.05, 4.69) is 10.1 Å². The fraction of sp³-hybridized carbons (Fsp3) is 0.440. The smallest absolute Gasteiger partial charge is 0.462 e. The highest BCUT2D eigenvalue weighted by atomic mass is 19.4. The van der Waals surface area contributed by atoms with Gasteiger partial charge in [0.2, 0.25) is 0 Å². The number of benzene rings is 2. The molecule has 42 heavy (non-hydrogen) atoms. The molecule has 0 aliphatic heterocycles. The standard InChI is InChI=1S/C25H25F9N2O6/c1-2-40-20(21(37)38)13-15-3-6-17(7-4-15)41-11-9-36(22(39)35-16-5-8-18(26)19(27)14-16)10-12-42-25(33,34)23(28,29)24(30,31)32/h3-8,14,20H,2,9-13H2,1H3,(H,35,39)(H,37,38). The monoisotopic (exact) mass is 620 g/mol.